The predicted octanol–water partition coefficient (Wildman–Crippen LogP) is 2.93. The molecule has 0 bridgehead atoms. The summed E-state index contributed by atoms with van der Waals surface area (Å²) in [6.45, 7) is 0. The highest BCUT2D eigenvalue weighted by Crippen LogP contribution is 2.33. The molecule has 0 amide bonds. The van der Waals surface area contributed by atoms with Crippen LogP contribution in [0.3, 0.4) is 0 Å². The van der Waals surface area contributed by atoms with Crippen LogP contribution in [0.2, 0.25) is 0 Å². The quantitative estimate of drug-likeness (QED) is 0.806. The number of anilines is 1. The van der Waals surface area contributed by atoms with E-state index >= 15 is 0 Å². The topological polar surface area (TPSA) is 66.0 Å². The number of nitrogens with two attached hydrogens (primary N) is 1. The number of benzene rings is 1. The van der Waals surface area contributed by atoms with Gasteiger partial charge in [0.05, 0.1) is 11.5 Å². The van der Waals surface area contributed by atoms with E-state index in [1.54, 1.807) is 0 Å². The second-order valence-electron chi connectivity index (χ2n) is 5.70. The van der Waals surface area contributed by atoms with Gasteiger partial charge in [0.15, 0.2) is 0 Å². The van der Waals surface area contributed by atoms with Crippen LogP contribution in [0, 0.1) is 0 Å². The van der Waals surface area contributed by atoms with Crippen molar-refractivity contribution < 1.29 is 4.74 Å². The summed E-state index contributed by atoms with van der Waals surface area (Å²) in [7, 11) is 0. The zero-order chi connectivity index (χ0) is 14.9. The summed E-state index contributed by atoms with van der Waals surface area (Å²) in [5, 5.41) is 0.887. The summed E-state index contributed by atoms with van der Waals surface area (Å²) in [5.74, 6) is 0.516. The molecule has 1 aromatic carbocycles. The van der Waals surface area contributed by atoms with Gasteiger partial charge in [-0.2, -0.15) is 0 Å². The van der Waals surface area contributed by atoms with Gasteiger partial charge in [-0.1, -0.05) is 30.3 Å². The maximum Gasteiger partial charge on any atom is 0.147 e. The highest BCUT2D eigenvalue weighted by atomic mass is 16.5. The molecule has 112 valence electrons. The molecule has 1 aliphatic heterocycles. The molecule has 4 rings (SSSR count). The highest BCUT2D eigenvalue weighted by molar-refractivity contribution is 5.86. The van der Waals surface area contributed by atoms with Crippen LogP contribution in [0.25, 0.3) is 11.0 Å². The van der Waals surface area contributed by atoms with E-state index in [1.807, 2.05) is 18.3 Å². The molecule has 1 aliphatic rings. The Labute approximate surface area is 128 Å². The summed E-state index contributed by atoms with van der Waals surface area (Å²) >= 11 is 0. The van der Waals surface area contributed by atoms with Crippen LogP contribution < -0.4 is 5.73 Å². The first-order chi connectivity index (χ1) is 10.8. The Morgan fingerprint density at radius 2 is 2.00 bits per heavy atom. The van der Waals surface area contributed by atoms with E-state index in [1.165, 1.54) is 11.9 Å². The molecular weight excluding hydrogens is 276 g/mol. The van der Waals surface area contributed by atoms with Gasteiger partial charge in [-0.25, -0.2) is 9.97 Å². The predicted molar refractivity (Wildman–Crippen MR) is 85.2 cm³/mol. The fourth-order valence-electron chi connectivity index (χ4n) is 3.14. The number of hydrogen-bond acceptors (Lipinski definition) is 4. The third-order valence-electron chi connectivity index (χ3n) is 4.24. The minimum absolute atomic E-state index is 0.0283. The Morgan fingerprint density at radius 3 is 2.86 bits per heavy atom. The summed E-state index contributed by atoms with van der Waals surface area (Å²) in [4.78, 5) is 8.38. The lowest BCUT2D eigenvalue weighted by molar-refractivity contribution is 0.00506. The Balaban J connectivity index is 1.53. The Bertz CT molecular complexity index is 784. The Kier molecular flexibility index (Phi) is 3.27. The van der Waals surface area contributed by atoms with Crippen LogP contribution in [0.4, 0.5) is 5.82 Å². The van der Waals surface area contributed by atoms with Crippen LogP contribution >= 0.6 is 0 Å². The Morgan fingerprint density at radius 1 is 1.14 bits per heavy atom. The third kappa shape index (κ3) is 2.33. The first-order valence-corrected chi connectivity index (χ1v) is 7.57. The van der Waals surface area contributed by atoms with Gasteiger partial charge >= 0.3 is 0 Å². The number of hydrogen-bond donors (Lipinski definition) is 1. The van der Waals surface area contributed by atoms with E-state index < -0.39 is 0 Å². The van der Waals surface area contributed by atoms with E-state index in [0.717, 1.165) is 30.3 Å². The number of aromatic nitrogens is 3. The normalized spacial score (nSPS) is 21.5. The lowest BCUT2D eigenvalue weighted by Gasteiger charge is -2.16. The minimum Gasteiger partial charge on any atom is -0.383 e. The summed E-state index contributed by atoms with van der Waals surface area (Å²) < 4.78 is 8.29. The molecule has 2 atom stereocenters. The second-order valence-corrected chi connectivity index (χ2v) is 5.70. The van der Waals surface area contributed by atoms with Gasteiger partial charge in [0.2, 0.25) is 0 Å². The van der Waals surface area contributed by atoms with Crippen molar-refractivity contribution in [2.24, 2.45) is 0 Å². The molecular formula is C17H18N4O. The van der Waals surface area contributed by atoms with E-state index in [0.29, 0.717) is 5.82 Å². The number of ether oxygens (including phenoxy) is 1. The zero-order valence-electron chi connectivity index (χ0n) is 12.2. The molecule has 1 saturated heterocycles. The lowest BCUT2D eigenvalue weighted by Crippen LogP contribution is -2.13. The van der Waals surface area contributed by atoms with Gasteiger partial charge in [-0.3, -0.25) is 0 Å². The fourth-order valence-corrected chi connectivity index (χ4v) is 3.14. The molecule has 22 heavy (non-hydrogen) atoms. The van der Waals surface area contributed by atoms with Crippen molar-refractivity contribution in [3.05, 3.63) is 54.5 Å². The van der Waals surface area contributed by atoms with E-state index in [2.05, 4.69) is 38.8 Å². The van der Waals surface area contributed by atoms with Crippen molar-refractivity contribution in [2.75, 3.05) is 5.73 Å². The smallest absolute Gasteiger partial charge is 0.147 e. The highest BCUT2D eigenvalue weighted by Gasteiger charge is 2.27. The largest absolute Gasteiger partial charge is 0.383 e. The van der Waals surface area contributed by atoms with E-state index in [-0.39, 0.29) is 12.3 Å². The number of rotatable bonds is 3. The van der Waals surface area contributed by atoms with Crippen molar-refractivity contribution in [1.29, 1.82) is 0 Å². The van der Waals surface area contributed by atoms with Gasteiger partial charge in [0.1, 0.15) is 24.0 Å². The van der Waals surface area contributed by atoms with Crippen molar-refractivity contribution >= 4 is 16.9 Å². The van der Waals surface area contributed by atoms with Crippen LogP contribution in [0.15, 0.2) is 48.9 Å². The van der Waals surface area contributed by atoms with Gasteiger partial charge in [0.25, 0.3) is 0 Å². The zero-order valence-corrected chi connectivity index (χ0v) is 12.2. The van der Waals surface area contributed by atoms with Crippen LogP contribution in [-0.2, 0) is 11.2 Å². The molecule has 0 radical (unpaired) electrons. The molecule has 3 heterocycles. The monoisotopic (exact) mass is 294 g/mol. The standard InChI is InChI=1S/C17H18N4O/c18-16-14-8-9-21(17(14)20-11-19-16)15-7-6-13(22-15)10-12-4-2-1-3-5-12/h1-5,8-9,11,13,15H,6-7,10H2,(H2,18,19,20)/t13-,15+/m0/s1. The molecule has 3 aromatic rings. The maximum atomic E-state index is 6.22. The van der Waals surface area contributed by atoms with Gasteiger partial charge < -0.3 is 15.0 Å². The number of fused-ring (bicyclic) bond motifs is 1. The average molecular weight is 294 g/mol. The molecule has 0 aliphatic carbocycles. The maximum absolute atomic E-state index is 6.22. The molecule has 0 spiro atoms. The summed E-state index contributed by atoms with van der Waals surface area (Å²) in [5.41, 5.74) is 8.05. The average Bonchev–Trinajstić information content (AvgIpc) is 3.15. The summed E-state index contributed by atoms with van der Waals surface area (Å²) in [6.07, 6.45) is 6.78. The first kappa shape index (κ1) is 13.3. The molecule has 2 N–H and O–H groups in total. The van der Waals surface area contributed by atoms with Gasteiger partial charge in [-0.05, 0) is 30.9 Å². The minimum atomic E-state index is 0.0283. The molecule has 0 saturated carbocycles. The summed E-state index contributed by atoms with van der Waals surface area (Å²) in [6, 6.07) is 12.4. The molecule has 0 unspecified atom stereocenters. The molecule has 1 fully saturated rings. The first-order valence-electron chi connectivity index (χ1n) is 7.57. The van der Waals surface area contributed by atoms with Crippen molar-refractivity contribution in [1.82, 2.24) is 14.5 Å². The molecule has 5 nitrogen and oxygen atoms in total. The third-order valence-corrected chi connectivity index (χ3v) is 4.24. The van der Waals surface area contributed by atoms with E-state index in [9.17, 15) is 0 Å². The van der Waals surface area contributed by atoms with Gasteiger partial charge in [0, 0.05) is 6.20 Å². The van der Waals surface area contributed by atoms with Crippen LogP contribution in [0.1, 0.15) is 24.6 Å². The van der Waals surface area contributed by atoms with E-state index in [4.69, 9.17) is 10.5 Å². The molecule has 5 heteroatoms. The molecule has 2 aromatic heterocycles. The Hall–Kier alpha value is -2.40. The van der Waals surface area contributed by atoms with Crippen molar-refractivity contribution in [3.8, 4) is 0 Å². The van der Waals surface area contributed by atoms with Crippen LogP contribution in [0.5, 0.6) is 0 Å². The second kappa shape index (κ2) is 5.42. The SMILES string of the molecule is Nc1ncnc2c1ccn2[C@H]1CC[C@@H](Cc2ccccc2)O1. The number of nitrogen functional groups attached to an aromatic ring is 1. The van der Waals surface area contributed by atoms with Crippen molar-refractivity contribution in [2.45, 2.75) is 31.6 Å². The number of nitrogens with zero attached hydrogens (tertiary/aromatic N) is 3. The van der Waals surface area contributed by atoms with Crippen molar-refractivity contribution in [3.63, 3.8) is 0 Å². The lowest BCUT2D eigenvalue weighted by atomic mass is 10.1. The fraction of sp³-hybridized carbons (Fsp3) is 0.294. The van der Waals surface area contributed by atoms with Crippen LogP contribution in [-0.4, -0.2) is 20.6 Å². The van der Waals surface area contributed by atoms with Gasteiger partial charge in [-0.15, -0.1) is 0 Å².